The molecule has 0 atom stereocenters. The SMILES string of the molecule is CC(=O)NC1(C(=O)Nc2ccc3c(ccn3CCN3CCOCC3)c2)CCCCC1. The maximum absolute atomic E-state index is 13.1. The van der Waals surface area contributed by atoms with Crippen LogP contribution in [-0.4, -0.2) is 59.7 Å². The van der Waals surface area contributed by atoms with Crippen molar-refractivity contribution in [2.75, 3.05) is 38.2 Å². The maximum atomic E-state index is 13.1. The lowest BCUT2D eigenvalue weighted by Gasteiger charge is -2.36. The second kappa shape index (κ2) is 9.18. The molecule has 30 heavy (non-hydrogen) atoms. The topological polar surface area (TPSA) is 75.6 Å². The number of morpholine rings is 1. The number of hydrogen-bond acceptors (Lipinski definition) is 4. The lowest BCUT2D eigenvalue weighted by Crippen LogP contribution is -2.57. The van der Waals surface area contributed by atoms with E-state index in [1.54, 1.807) is 0 Å². The molecule has 7 nitrogen and oxygen atoms in total. The first-order valence-corrected chi connectivity index (χ1v) is 11.0. The Bertz CT molecular complexity index is 895. The fourth-order valence-electron chi connectivity index (χ4n) is 4.70. The number of aromatic nitrogens is 1. The van der Waals surface area contributed by atoms with E-state index in [1.165, 1.54) is 6.92 Å². The predicted octanol–water partition coefficient (Wildman–Crippen LogP) is 2.75. The predicted molar refractivity (Wildman–Crippen MR) is 117 cm³/mol. The number of rotatable bonds is 6. The van der Waals surface area contributed by atoms with Crippen molar-refractivity contribution in [2.24, 2.45) is 0 Å². The van der Waals surface area contributed by atoms with Crippen molar-refractivity contribution in [1.82, 2.24) is 14.8 Å². The molecule has 0 bridgehead atoms. The van der Waals surface area contributed by atoms with Gasteiger partial charge in [-0.25, -0.2) is 0 Å². The van der Waals surface area contributed by atoms with Crippen LogP contribution in [-0.2, 0) is 20.9 Å². The lowest BCUT2D eigenvalue weighted by atomic mass is 9.80. The molecule has 4 rings (SSSR count). The second-order valence-electron chi connectivity index (χ2n) is 8.51. The quantitative estimate of drug-likeness (QED) is 0.765. The van der Waals surface area contributed by atoms with Crippen molar-refractivity contribution in [2.45, 2.75) is 51.1 Å². The number of nitrogens with zero attached hydrogens (tertiary/aromatic N) is 2. The van der Waals surface area contributed by atoms with Crippen molar-refractivity contribution in [3.05, 3.63) is 30.5 Å². The molecular weight excluding hydrogens is 380 g/mol. The highest BCUT2D eigenvalue weighted by molar-refractivity contribution is 6.01. The van der Waals surface area contributed by atoms with Crippen molar-refractivity contribution in [3.8, 4) is 0 Å². The third-order valence-electron chi connectivity index (χ3n) is 6.35. The van der Waals surface area contributed by atoms with Gasteiger partial charge in [0.1, 0.15) is 5.54 Å². The summed E-state index contributed by atoms with van der Waals surface area (Å²) in [5.41, 5.74) is 1.15. The van der Waals surface area contributed by atoms with E-state index in [9.17, 15) is 9.59 Å². The Morgan fingerprint density at radius 2 is 1.83 bits per heavy atom. The highest BCUT2D eigenvalue weighted by Crippen LogP contribution is 2.30. The summed E-state index contributed by atoms with van der Waals surface area (Å²) < 4.78 is 7.68. The minimum Gasteiger partial charge on any atom is -0.379 e. The third-order valence-corrected chi connectivity index (χ3v) is 6.35. The zero-order valence-corrected chi connectivity index (χ0v) is 17.8. The molecule has 2 aromatic rings. The Kier molecular flexibility index (Phi) is 6.39. The number of benzene rings is 1. The third kappa shape index (κ3) is 4.68. The van der Waals surface area contributed by atoms with Gasteiger partial charge in [0.25, 0.3) is 0 Å². The Morgan fingerprint density at radius 3 is 2.57 bits per heavy atom. The number of carbonyl (C=O) groups is 2. The fourth-order valence-corrected chi connectivity index (χ4v) is 4.70. The minimum atomic E-state index is -0.789. The van der Waals surface area contributed by atoms with Gasteiger partial charge in [-0.3, -0.25) is 14.5 Å². The van der Waals surface area contributed by atoms with Crippen molar-refractivity contribution >= 4 is 28.4 Å². The van der Waals surface area contributed by atoms with Crippen LogP contribution in [0.2, 0.25) is 0 Å². The average Bonchev–Trinajstić information content (AvgIpc) is 3.15. The van der Waals surface area contributed by atoms with Gasteiger partial charge in [0.15, 0.2) is 0 Å². The number of hydrogen-bond donors (Lipinski definition) is 2. The summed E-state index contributed by atoms with van der Waals surface area (Å²) in [6.45, 7) is 7.03. The van der Waals surface area contributed by atoms with Crippen LogP contribution in [0.5, 0.6) is 0 Å². The molecule has 162 valence electrons. The van der Waals surface area contributed by atoms with Crippen LogP contribution in [0.1, 0.15) is 39.0 Å². The van der Waals surface area contributed by atoms with Gasteiger partial charge < -0.3 is 19.9 Å². The molecule has 0 spiro atoms. The molecule has 2 N–H and O–H groups in total. The smallest absolute Gasteiger partial charge is 0.250 e. The molecule has 7 heteroatoms. The van der Waals surface area contributed by atoms with Crippen LogP contribution in [0.4, 0.5) is 5.69 Å². The molecule has 0 unspecified atom stereocenters. The number of carbonyl (C=O) groups excluding carboxylic acids is 2. The van der Waals surface area contributed by atoms with E-state index in [2.05, 4.69) is 38.4 Å². The Balaban J connectivity index is 1.44. The summed E-state index contributed by atoms with van der Waals surface area (Å²) >= 11 is 0. The van der Waals surface area contributed by atoms with Gasteiger partial charge >= 0.3 is 0 Å². The zero-order chi connectivity index (χ0) is 21.0. The van der Waals surface area contributed by atoms with Crippen LogP contribution < -0.4 is 10.6 Å². The standard InChI is InChI=1S/C23H32N4O3/c1-18(28)25-23(8-3-2-4-9-23)22(29)24-20-5-6-21-19(17-20)7-10-27(21)12-11-26-13-15-30-16-14-26/h5-7,10,17H,2-4,8-9,11-16H2,1H3,(H,24,29)(H,25,28). The van der Waals surface area contributed by atoms with Crippen LogP contribution in [0.25, 0.3) is 10.9 Å². The summed E-state index contributed by atoms with van der Waals surface area (Å²) in [5, 5.41) is 7.10. The first-order valence-electron chi connectivity index (χ1n) is 11.0. The van der Waals surface area contributed by atoms with Gasteiger partial charge in [0.2, 0.25) is 11.8 Å². The van der Waals surface area contributed by atoms with E-state index >= 15 is 0 Å². The van der Waals surface area contributed by atoms with E-state index in [4.69, 9.17) is 4.74 Å². The summed E-state index contributed by atoms with van der Waals surface area (Å²) in [7, 11) is 0. The van der Waals surface area contributed by atoms with Gasteiger partial charge in [-0.15, -0.1) is 0 Å². The fraction of sp³-hybridized carbons (Fsp3) is 0.565. The molecule has 1 saturated carbocycles. The minimum absolute atomic E-state index is 0.108. The first kappa shape index (κ1) is 20.9. The molecule has 2 amide bonds. The second-order valence-corrected chi connectivity index (χ2v) is 8.51. The van der Waals surface area contributed by atoms with Crippen LogP contribution in [0.3, 0.4) is 0 Å². The average molecular weight is 413 g/mol. The molecule has 2 aliphatic rings. The molecular formula is C23H32N4O3. The molecule has 1 saturated heterocycles. The van der Waals surface area contributed by atoms with Crippen LogP contribution >= 0.6 is 0 Å². The molecule has 0 radical (unpaired) electrons. The van der Waals surface area contributed by atoms with Gasteiger partial charge in [-0.2, -0.15) is 0 Å². The first-order chi connectivity index (χ1) is 14.6. The van der Waals surface area contributed by atoms with E-state index in [1.807, 2.05) is 12.1 Å². The number of anilines is 1. The zero-order valence-electron chi connectivity index (χ0n) is 17.8. The van der Waals surface area contributed by atoms with Crippen molar-refractivity contribution in [1.29, 1.82) is 0 Å². The van der Waals surface area contributed by atoms with Crippen molar-refractivity contribution in [3.63, 3.8) is 0 Å². The maximum Gasteiger partial charge on any atom is 0.250 e. The van der Waals surface area contributed by atoms with E-state index in [0.717, 1.165) is 75.2 Å². The number of fused-ring (bicyclic) bond motifs is 1. The van der Waals surface area contributed by atoms with E-state index in [0.29, 0.717) is 12.8 Å². The summed E-state index contributed by atoms with van der Waals surface area (Å²) in [6.07, 6.45) is 6.52. The molecule has 1 aromatic carbocycles. The molecule has 1 aliphatic carbocycles. The van der Waals surface area contributed by atoms with Crippen LogP contribution in [0.15, 0.2) is 30.5 Å². The summed E-state index contributed by atoms with van der Waals surface area (Å²) in [5.74, 6) is -0.261. The van der Waals surface area contributed by atoms with Gasteiger partial charge in [-0.05, 0) is 37.1 Å². The van der Waals surface area contributed by atoms with Gasteiger partial charge in [-0.1, -0.05) is 19.3 Å². The Morgan fingerprint density at radius 1 is 1.07 bits per heavy atom. The van der Waals surface area contributed by atoms with E-state index in [-0.39, 0.29) is 11.8 Å². The number of nitrogens with one attached hydrogen (secondary N) is 2. The molecule has 2 fully saturated rings. The Hall–Kier alpha value is -2.38. The van der Waals surface area contributed by atoms with Gasteiger partial charge in [0, 0.05) is 55.9 Å². The summed E-state index contributed by atoms with van der Waals surface area (Å²) in [6, 6.07) is 8.13. The highest BCUT2D eigenvalue weighted by Gasteiger charge is 2.40. The lowest BCUT2D eigenvalue weighted by molar-refractivity contribution is -0.130. The Labute approximate surface area is 177 Å². The number of amides is 2. The van der Waals surface area contributed by atoms with Gasteiger partial charge in [0.05, 0.1) is 13.2 Å². The largest absolute Gasteiger partial charge is 0.379 e. The monoisotopic (exact) mass is 412 g/mol. The van der Waals surface area contributed by atoms with Crippen molar-refractivity contribution < 1.29 is 14.3 Å². The molecule has 1 aromatic heterocycles. The molecule has 1 aliphatic heterocycles. The number of ether oxygens (including phenoxy) is 1. The van der Waals surface area contributed by atoms with E-state index < -0.39 is 5.54 Å². The highest BCUT2D eigenvalue weighted by atomic mass is 16.5. The van der Waals surface area contributed by atoms with Crippen LogP contribution in [0, 0.1) is 0 Å². The summed E-state index contributed by atoms with van der Waals surface area (Å²) in [4.78, 5) is 27.2. The molecule has 2 heterocycles. The normalized spacial score (nSPS) is 19.5.